The summed E-state index contributed by atoms with van der Waals surface area (Å²) in [6.07, 6.45) is 4.64. The van der Waals surface area contributed by atoms with Gasteiger partial charge in [-0.25, -0.2) is 4.98 Å². The van der Waals surface area contributed by atoms with E-state index in [0.29, 0.717) is 5.69 Å². The molecule has 0 spiro atoms. The highest BCUT2D eigenvalue weighted by Crippen LogP contribution is 2.27. The zero-order valence-electron chi connectivity index (χ0n) is 9.20. The van der Waals surface area contributed by atoms with Crippen molar-refractivity contribution in [3.63, 3.8) is 0 Å². The molecule has 0 unspecified atom stereocenters. The third kappa shape index (κ3) is 2.87. The minimum absolute atomic E-state index is 0.416. The zero-order valence-corrected chi connectivity index (χ0v) is 10.0. The third-order valence-electron chi connectivity index (χ3n) is 2.13. The Balaban J connectivity index is 2.21. The highest BCUT2D eigenvalue weighted by molar-refractivity contribution is 7.87. The summed E-state index contributed by atoms with van der Waals surface area (Å²) in [6, 6.07) is 5.06. The first-order chi connectivity index (χ1) is 8.79. The lowest BCUT2D eigenvalue weighted by Gasteiger charge is -2.09. The lowest BCUT2D eigenvalue weighted by atomic mass is 10.3. The van der Waals surface area contributed by atoms with E-state index in [1.165, 1.54) is 24.7 Å². The summed E-state index contributed by atoms with van der Waals surface area (Å²) in [5, 5.41) is 0. The molecule has 0 fully saturated rings. The van der Waals surface area contributed by atoms with Crippen LogP contribution in [0.25, 0.3) is 5.69 Å². The van der Waals surface area contributed by atoms with Crippen LogP contribution in [0, 0.1) is 0 Å². The largest absolute Gasteiger partial charge is 0.534 e. The molecule has 1 aromatic carbocycles. The predicted molar refractivity (Wildman–Crippen MR) is 59.2 cm³/mol. The second kappa shape index (κ2) is 4.57. The van der Waals surface area contributed by atoms with Gasteiger partial charge in [0.2, 0.25) is 0 Å². The number of aromatic nitrogens is 2. The zero-order chi connectivity index (χ0) is 14.1. The minimum atomic E-state index is -5.64. The Morgan fingerprint density at radius 3 is 2.26 bits per heavy atom. The predicted octanol–water partition coefficient (Wildman–Crippen LogP) is 2.10. The van der Waals surface area contributed by atoms with Crippen LogP contribution in [0.3, 0.4) is 0 Å². The van der Waals surface area contributed by atoms with Gasteiger partial charge in [-0.2, -0.15) is 21.6 Å². The molecular formula is C10H7F3N2O3S. The first-order valence-corrected chi connectivity index (χ1v) is 6.29. The summed E-state index contributed by atoms with van der Waals surface area (Å²) in [5.41, 5.74) is -4.84. The van der Waals surface area contributed by atoms with Crippen molar-refractivity contribution in [2.24, 2.45) is 0 Å². The third-order valence-corrected chi connectivity index (χ3v) is 3.11. The first kappa shape index (κ1) is 13.4. The molecule has 0 saturated carbocycles. The topological polar surface area (TPSA) is 61.2 Å². The van der Waals surface area contributed by atoms with Crippen molar-refractivity contribution in [3.05, 3.63) is 43.0 Å². The van der Waals surface area contributed by atoms with E-state index in [1.807, 2.05) is 0 Å². The van der Waals surface area contributed by atoms with E-state index in [4.69, 9.17) is 0 Å². The normalized spacial score (nSPS) is 12.4. The number of rotatable bonds is 3. The van der Waals surface area contributed by atoms with Crippen LogP contribution in [0.4, 0.5) is 13.2 Å². The number of hydrogen-bond acceptors (Lipinski definition) is 4. The van der Waals surface area contributed by atoms with Gasteiger partial charge in [-0.15, -0.1) is 0 Å². The first-order valence-electron chi connectivity index (χ1n) is 4.89. The van der Waals surface area contributed by atoms with E-state index in [-0.39, 0.29) is 0 Å². The molecule has 0 bridgehead atoms. The molecule has 1 aromatic heterocycles. The summed E-state index contributed by atoms with van der Waals surface area (Å²) in [6.45, 7) is 0. The van der Waals surface area contributed by atoms with Gasteiger partial charge in [0, 0.05) is 18.1 Å². The van der Waals surface area contributed by atoms with Gasteiger partial charge in [-0.3, -0.25) is 0 Å². The van der Waals surface area contributed by atoms with Crippen molar-refractivity contribution in [1.29, 1.82) is 0 Å². The van der Waals surface area contributed by atoms with E-state index in [0.717, 1.165) is 12.1 Å². The maximum Gasteiger partial charge on any atom is 0.534 e. The van der Waals surface area contributed by atoms with E-state index in [9.17, 15) is 21.6 Å². The lowest BCUT2D eigenvalue weighted by Crippen LogP contribution is -2.28. The summed E-state index contributed by atoms with van der Waals surface area (Å²) in [5.74, 6) is -0.416. The number of benzene rings is 1. The molecule has 0 aliphatic rings. The van der Waals surface area contributed by atoms with Crippen LogP contribution in [-0.2, 0) is 10.1 Å². The molecule has 0 atom stereocenters. The van der Waals surface area contributed by atoms with Crippen LogP contribution in [0.15, 0.2) is 43.0 Å². The summed E-state index contributed by atoms with van der Waals surface area (Å²) in [4.78, 5) is 3.80. The van der Waals surface area contributed by atoms with Crippen LogP contribution >= 0.6 is 0 Å². The molecule has 102 valence electrons. The van der Waals surface area contributed by atoms with Gasteiger partial charge in [-0.1, -0.05) is 0 Å². The molecule has 0 amide bonds. The van der Waals surface area contributed by atoms with Gasteiger partial charge >= 0.3 is 15.6 Å². The fraction of sp³-hybridized carbons (Fsp3) is 0.100. The van der Waals surface area contributed by atoms with Gasteiger partial charge in [0.15, 0.2) is 0 Å². The van der Waals surface area contributed by atoms with Crippen LogP contribution in [0.1, 0.15) is 0 Å². The molecule has 0 aliphatic carbocycles. The van der Waals surface area contributed by atoms with E-state index in [1.54, 1.807) is 10.8 Å². The SMILES string of the molecule is O=S(=O)(Oc1ccc(-n2ccnc2)cc1)C(F)(F)F. The van der Waals surface area contributed by atoms with Crippen LogP contribution in [0.2, 0.25) is 0 Å². The fourth-order valence-corrected chi connectivity index (χ4v) is 1.72. The molecule has 2 rings (SSSR count). The monoisotopic (exact) mass is 292 g/mol. The number of imidazole rings is 1. The smallest absolute Gasteiger partial charge is 0.376 e. The molecule has 5 nitrogen and oxygen atoms in total. The Morgan fingerprint density at radius 2 is 1.79 bits per heavy atom. The maximum absolute atomic E-state index is 12.1. The number of hydrogen-bond donors (Lipinski definition) is 0. The van der Waals surface area contributed by atoms with Gasteiger partial charge in [0.05, 0.1) is 6.33 Å². The van der Waals surface area contributed by atoms with Gasteiger partial charge < -0.3 is 8.75 Å². The average molecular weight is 292 g/mol. The molecule has 1 heterocycles. The fourth-order valence-electron chi connectivity index (χ4n) is 1.26. The molecular weight excluding hydrogens is 285 g/mol. The van der Waals surface area contributed by atoms with Crippen LogP contribution < -0.4 is 4.18 Å². The quantitative estimate of drug-likeness (QED) is 0.642. The molecule has 2 aromatic rings. The second-order valence-corrected chi connectivity index (χ2v) is 4.98. The summed E-state index contributed by atoms with van der Waals surface area (Å²) in [7, 11) is -5.64. The lowest BCUT2D eigenvalue weighted by molar-refractivity contribution is -0.0500. The van der Waals surface area contributed by atoms with Gasteiger partial charge in [0.1, 0.15) is 5.75 Å². The number of nitrogens with zero attached hydrogens (tertiary/aromatic N) is 2. The van der Waals surface area contributed by atoms with E-state index < -0.39 is 21.4 Å². The van der Waals surface area contributed by atoms with Crippen molar-refractivity contribution in [2.45, 2.75) is 5.51 Å². The van der Waals surface area contributed by atoms with Crippen LogP contribution in [-0.4, -0.2) is 23.5 Å². The highest BCUT2D eigenvalue weighted by Gasteiger charge is 2.48. The highest BCUT2D eigenvalue weighted by atomic mass is 32.2. The summed E-state index contributed by atoms with van der Waals surface area (Å²) < 4.78 is 63.4. The summed E-state index contributed by atoms with van der Waals surface area (Å²) >= 11 is 0. The standard InChI is InChI=1S/C10H7F3N2O3S/c11-10(12,13)19(16,17)18-9-3-1-8(2-4-9)15-6-5-14-7-15/h1-7H. The Kier molecular flexibility index (Phi) is 3.23. The van der Waals surface area contributed by atoms with E-state index in [2.05, 4.69) is 9.17 Å². The Labute approximate surface area is 106 Å². The Hall–Kier alpha value is -2.03. The molecule has 0 N–H and O–H groups in total. The van der Waals surface area contributed by atoms with Crippen LogP contribution in [0.5, 0.6) is 5.75 Å². The minimum Gasteiger partial charge on any atom is -0.376 e. The molecule has 9 heteroatoms. The molecule has 19 heavy (non-hydrogen) atoms. The average Bonchev–Trinajstić information content (AvgIpc) is 2.81. The van der Waals surface area contributed by atoms with Crippen molar-refractivity contribution in [3.8, 4) is 11.4 Å². The van der Waals surface area contributed by atoms with Gasteiger partial charge in [-0.05, 0) is 24.3 Å². The van der Waals surface area contributed by atoms with Crippen molar-refractivity contribution >= 4 is 10.1 Å². The van der Waals surface area contributed by atoms with Gasteiger partial charge in [0.25, 0.3) is 0 Å². The molecule has 0 saturated heterocycles. The van der Waals surface area contributed by atoms with Crippen molar-refractivity contribution in [1.82, 2.24) is 9.55 Å². The molecule has 0 radical (unpaired) electrons. The second-order valence-electron chi connectivity index (χ2n) is 3.45. The Morgan fingerprint density at radius 1 is 1.16 bits per heavy atom. The van der Waals surface area contributed by atoms with Crippen molar-refractivity contribution in [2.75, 3.05) is 0 Å². The van der Waals surface area contributed by atoms with Crippen molar-refractivity contribution < 1.29 is 25.8 Å². The maximum atomic E-state index is 12.1. The number of halogens is 3. The Bertz CT molecular complexity index is 648. The number of alkyl halides is 3. The van der Waals surface area contributed by atoms with E-state index >= 15 is 0 Å². The molecule has 0 aliphatic heterocycles.